The van der Waals surface area contributed by atoms with Crippen LogP contribution in [0.25, 0.3) is 10.9 Å². The topological polar surface area (TPSA) is 72.9 Å². The molecule has 1 aliphatic heterocycles. The zero-order valence-corrected chi connectivity index (χ0v) is 13.0. The molecular weight excluding hydrogens is 288 g/mol. The highest BCUT2D eigenvalue weighted by Gasteiger charge is 2.21. The molecule has 3 heterocycles. The van der Waals surface area contributed by atoms with Crippen molar-refractivity contribution in [1.82, 2.24) is 14.9 Å². The number of nitrogens with one attached hydrogen (secondary N) is 1. The molecule has 0 radical (unpaired) electrons. The van der Waals surface area contributed by atoms with E-state index in [9.17, 15) is 4.79 Å². The third kappa shape index (κ3) is 2.21. The standard InChI is InChI=1S/C18H18N4O/c1-11-6-12-7-14(19)2-3-17(12)22(11)18(23)16-10-21-9-13-8-20-5-4-15(13)16/h2-3,6-7,9-10,20H,4-5,8,19H2,1H3. The molecule has 0 saturated heterocycles. The lowest BCUT2D eigenvalue weighted by molar-refractivity contribution is 0.0961. The van der Waals surface area contributed by atoms with Crippen LogP contribution in [0.15, 0.2) is 36.7 Å². The average molecular weight is 306 g/mol. The van der Waals surface area contributed by atoms with E-state index < -0.39 is 0 Å². The molecule has 3 N–H and O–H groups in total. The Balaban J connectivity index is 1.89. The van der Waals surface area contributed by atoms with Crippen LogP contribution in [0, 0.1) is 6.92 Å². The van der Waals surface area contributed by atoms with E-state index in [0.717, 1.165) is 47.2 Å². The van der Waals surface area contributed by atoms with Gasteiger partial charge in [0.25, 0.3) is 5.91 Å². The first-order valence-electron chi connectivity index (χ1n) is 7.74. The van der Waals surface area contributed by atoms with Crippen molar-refractivity contribution in [3.8, 4) is 0 Å². The highest BCUT2D eigenvalue weighted by Crippen LogP contribution is 2.25. The number of rotatable bonds is 1. The third-order valence-electron chi connectivity index (χ3n) is 4.46. The molecule has 0 fully saturated rings. The maximum absolute atomic E-state index is 13.2. The van der Waals surface area contributed by atoms with Gasteiger partial charge in [-0.3, -0.25) is 14.3 Å². The van der Waals surface area contributed by atoms with E-state index in [4.69, 9.17) is 5.73 Å². The van der Waals surface area contributed by atoms with Crippen LogP contribution in [-0.2, 0) is 13.0 Å². The second-order valence-corrected chi connectivity index (χ2v) is 6.00. The van der Waals surface area contributed by atoms with E-state index in [1.54, 1.807) is 10.8 Å². The molecule has 23 heavy (non-hydrogen) atoms. The molecule has 0 spiro atoms. The number of aromatic nitrogens is 2. The Bertz CT molecular complexity index is 926. The van der Waals surface area contributed by atoms with Crippen molar-refractivity contribution < 1.29 is 4.79 Å². The molecule has 1 aromatic carbocycles. The smallest absolute Gasteiger partial charge is 0.264 e. The van der Waals surface area contributed by atoms with Gasteiger partial charge in [-0.15, -0.1) is 0 Å². The molecule has 0 unspecified atom stereocenters. The Morgan fingerprint density at radius 1 is 1.30 bits per heavy atom. The molecule has 0 atom stereocenters. The molecular formula is C18H18N4O. The van der Waals surface area contributed by atoms with Gasteiger partial charge < -0.3 is 11.1 Å². The van der Waals surface area contributed by atoms with E-state index in [-0.39, 0.29) is 5.91 Å². The Morgan fingerprint density at radius 2 is 2.17 bits per heavy atom. The van der Waals surface area contributed by atoms with Gasteiger partial charge in [0, 0.05) is 35.7 Å². The second-order valence-electron chi connectivity index (χ2n) is 6.00. The van der Waals surface area contributed by atoms with Crippen LogP contribution in [-0.4, -0.2) is 22.0 Å². The average Bonchev–Trinajstić information content (AvgIpc) is 2.88. The quantitative estimate of drug-likeness (QED) is 0.676. The van der Waals surface area contributed by atoms with Crippen LogP contribution in [0.1, 0.15) is 27.2 Å². The van der Waals surface area contributed by atoms with Crippen molar-refractivity contribution in [2.75, 3.05) is 12.3 Å². The number of fused-ring (bicyclic) bond motifs is 2. The molecule has 2 aromatic heterocycles. The first kappa shape index (κ1) is 14.0. The largest absolute Gasteiger partial charge is 0.399 e. The fourth-order valence-electron chi connectivity index (χ4n) is 3.36. The number of carbonyl (C=O) groups is 1. The molecule has 3 aromatic rings. The minimum absolute atomic E-state index is 0.0199. The Morgan fingerprint density at radius 3 is 3.04 bits per heavy atom. The van der Waals surface area contributed by atoms with Gasteiger partial charge in [-0.05, 0) is 55.3 Å². The van der Waals surface area contributed by atoms with Crippen molar-refractivity contribution >= 4 is 22.5 Å². The number of nitrogens with two attached hydrogens (primary N) is 1. The van der Waals surface area contributed by atoms with Gasteiger partial charge >= 0.3 is 0 Å². The van der Waals surface area contributed by atoms with Crippen LogP contribution < -0.4 is 11.1 Å². The number of nitrogens with zero attached hydrogens (tertiary/aromatic N) is 2. The van der Waals surface area contributed by atoms with Crippen LogP contribution >= 0.6 is 0 Å². The molecule has 0 bridgehead atoms. The predicted octanol–water partition coefficient (Wildman–Crippen LogP) is 2.26. The van der Waals surface area contributed by atoms with Crippen molar-refractivity contribution in [2.45, 2.75) is 19.9 Å². The lowest BCUT2D eigenvalue weighted by Gasteiger charge is -2.19. The van der Waals surface area contributed by atoms with Gasteiger partial charge in [0.15, 0.2) is 0 Å². The lowest BCUT2D eigenvalue weighted by Crippen LogP contribution is -2.27. The van der Waals surface area contributed by atoms with E-state index in [1.807, 2.05) is 37.4 Å². The van der Waals surface area contributed by atoms with Crippen molar-refractivity contribution in [3.63, 3.8) is 0 Å². The minimum Gasteiger partial charge on any atom is -0.399 e. The normalized spacial score (nSPS) is 14.0. The number of nitrogen functional groups attached to an aromatic ring is 1. The Kier molecular flexibility index (Phi) is 3.16. The fraction of sp³-hybridized carbons (Fsp3) is 0.222. The van der Waals surface area contributed by atoms with E-state index in [2.05, 4.69) is 10.3 Å². The summed E-state index contributed by atoms with van der Waals surface area (Å²) >= 11 is 0. The predicted molar refractivity (Wildman–Crippen MR) is 90.5 cm³/mol. The molecule has 0 amide bonds. The second kappa shape index (κ2) is 5.21. The van der Waals surface area contributed by atoms with E-state index >= 15 is 0 Å². The summed E-state index contributed by atoms with van der Waals surface area (Å²) in [5, 5.41) is 4.30. The Hall–Kier alpha value is -2.66. The summed E-state index contributed by atoms with van der Waals surface area (Å²) in [7, 11) is 0. The van der Waals surface area contributed by atoms with Gasteiger partial charge in [-0.2, -0.15) is 0 Å². The van der Waals surface area contributed by atoms with Gasteiger partial charge in [0.1, 0.15) is 0 Å². The number of anilines is 1. The summed E-state index contributed by atoms with van der Waals surface area (Å²) in [5.41, 5.74) is 11.3. The van der Waals surface area contributed by atoms with Crippen LogP contribution in [0.3, 0.4) is 0 Å². The number of pyridine rings is 1. The van der Waals surface area contributed by atoms with Gasteiger partial charge in [-0.25, -0.2) is 0 Å². The lowest BCUT2D eigenvalue weighted by atomic mass is 9.98. The molecule has 0 aliphatic carbocycles. The maximum atomic E-state index is 13.2. The molecule has 0 saturated carbocycles. The SMILES string of the molecule is Cc1cc2cc(N)ccc2n1C(=O)c1cncc2c1CCNC2. The molecule has 116 valence electrons. The van der Waals surface area contributed by atoms with Crippen molar-refractivity contribution in [1.29, 1.82) is 0 Å². The van der Waals surface area contributed by atoms with E-state index in [0.29, 0.717) is 11.3 Å². The number of hydrogen-bond donors (Lipinski definition) is 2. The summed E-state index contributed by atoms with van der Waals surface area (Å²) in [4.78, 5) is 17.4. The zero-order valence-electron chi connectivity index (χ0n) is 13.0. The first-order valence-corrected chi connectivity index (χ1v) is 7.74. The van der Waals surface area contributed by atoms with Crippen LogP contribution in [0.5, 0.6) is 0 Å². The number of carbonyl (C=O) groups excluding carboxylic acids is 1. The fourth-order valence-corrected chi connectivity index (χ4v) is 3.36. The highest BCUT2D eigenvalue weighted by molar-refractivity contribution is 6.04. The maximum Gasteiger partial charge on any atom is 0.264 e. The summed E-state index contributed by atoms with van der Waals surface area (Å²) in [6, 6.07) is 7.62. The van der Waals surface area contributed by atoms with Crippen molar-refractivity contribution in [2.24, 2.45) is 0 Å². The minimum atomic E-state index is -0.0199. The number of benzene rings is 1. The number of aryl methyl sites for hydroxylation is 1. The summed E-state index contributed by atoms with van der Waals surface area (Å²) in [5.74, 6) is -0.0199. The van der Waals surface area contributed by atoms with Gasteiger partial charge in [0.2, 0.25) is 0 Å². The van der Waals surface area contributed by atoms with E-state index in [1.165, 1.54) is 0 Å². The van der Waals surface area contributed by atoms with Crippen molar-refractivity contribution in [3.05, 3.63) is 59.0 Å². The Labute approximate surface area is 134 Å². The zero-order chi connectivity index (χ0) is 16.0. The summed E-state index contributed by atoms with van der Waals surface area (Å²) < 4.78 is 1.76. The third-order valence-corrected chi connectivity index (χ3v) is 4.46. The van der Waals surface area contributed by atoms with Crippen LogP contribution in [0.2, 0.25) is 0 Å². The molecule has 5 heteroatoms. The summed E-state index contributed by atoms with van der Waals surface area (Å²) in [6.45, 7) is 3.60. The first-order chi connectivity index (χ1) is 11.1. The number of hydrogen-bond acceptors (Lipinski definition) is 4. The van der Waals surface area contributed by atoms with Gasteiger partial charge in [-0.1, -0.05) is 0 Å². The monoisotopic (exact) mass is 306 g/mol. The molecule has 4 rings (SSSR count). The van der Waals surface area contributed by atoms with Gasteiger partial charge in [0.05, 0.1) is 11.1 Å². The van der Waals surface area contributed by atoms with Crippen LogP contribution in [0.4, 0.5) is 5.69 Å². The summed E-state index contributed by atoms with van der Waals surface area (Å²) in [6.07, 6.45) is 4.39. The molecule has 1 aliphatic rings. The molecule has 5 nitrogen and oxygen atoms in total. The highest BCUT2D eigenvalue weighted by atomic mass is 16.2.